The molecule has 3 heterocycles. The quantitative estimate of drug-likeness (QED) is 0.349. The second-order valence-electron chi connectivity index (χ2n) is 11.4. The second-order valence-corrected chi connectivity index (χ2v) is 11.4. The molecule has 1 saturated heterocycles. The number of aryl methyl sites for hydroxylation is 1. The van der Waals surface area contributed by atoms with Crippen molar-refractivity contribution in [3.05, 3.63) is 65.6 Å². The van der Waals surface area contributed by atoms with E-state index in [0.29, 0.717) is 28.7 Å². The van der Waals surface area contributed by atoms with E-state index in [4.69, 9.17) is 4.74 Å². The molecule has 1 saturated carbocycles. The van der Waals surface area contributed by atoms with Gasteiger partial charge in [-0.05, 0) is 67.3 Å². The van der Waals surface area contributed by atoms with E-state index >= 15 is 4.39 Å². The fourth-order valence-corrected chi connectivity index (χ4v) is 6.80. The maximum Gasteiger partial charge on any atom is 0.155 e. The zero-order valence-electron chi connectivity index (χ0n) is 22.2. The van der Waals surface area contributed by atoms with Crippen LogP contribution in [0.2, 0.25) is 0 Å². The first-order valence-corrected chi connectivity index (χ1v) is 13.4. The summed E-state index contributed by atoms with van der Waals surface area (Å²) < 4.78 is 23.9. The molecule has 0 bridgehead atoms. The van der Waals surface area contributed by atoms with Crippen LogP contribution in [0.3, 0.4) is 0 Å². The molecule has 7 heteroatoms. The standard InChI is InChI=1S/C30H36FN5O/c1-19-7-6-10-36(16-19)17-23-12-25-26(37-4)13-24(27(31)28(25)33-23)21-8-5-9-22(11-21)30(14-20(2)15-30)29-34-32-18-35(29)3/h5,8-9,11-13,18-20,33H,6-7,10,14-17H2,1-4H3/t19-,20?,30?/m0/s1. The van der Waals surface area contributed by atoms with Gasteiger partial charge in [-0.2, -0.15) is 0 Å². The summed E-state index contributed by atoms with van der Waals surface area (Å²) in [6.45, 7) is 7.54. The van der Waals surface area contributed by atoms with E-state index < -0.39 is 0 Å². The van der Waals surface area contributed by atoms with Crippen molar-refractivity contribution in [2.75, 3.05) is 20.2 Å². The molecular weight excluding hydrogens is 465 g/mol. The van der Waals surface area contributed by atoms with E-state index in [2.05, 4.69) is 52.1 Å². The number of H-pyrrole nitrogens is 1. The van der Waals surface area contributed by atoms with Crippen molar-refractivity contribution in [3.8, 4) is 16.9 Å². The number of halogens is 1. The van der Waals surface area contributed by atoms with Gasteiger partial charge in [0.2, 0.25) is 0 Å². The van der Waals surface area contributed by atoms with E-state index in [9.17, 15) is 0 Å². The number of likely N-dealkylation sites (tertiary alicyclic amines) is 1. The van der Waals surface area contributed by atoms with E-state index in [1.54, 1.807) is 13.4 Å². The van der Waals surface area contributed by atoms with Gasteiger partial charge in [-0.15, -0.1) is 10.2 Å². The number of nitrogens with zero attached hydrogens (tertiary/aromatic N) is 4. The van der Waals surface area contributed by atoms with Crippen molar-refractivity contribution >= 4 is 10.9 Å². The first-order valence-electron chi connectivity index (χ1n) is 13.4. The Balaban J connectivity index is 1.40. The summed E-state index contributed by atoms with van der Waals surface area (Å²) in [6.07, 6.45) is 6.26. The predicted molar refractivity (Wildman–Crippen MR) is 144 cm³/mol. The molecule has 1 atom stereocenters. The Bertz CT molecular complexity index is 1430. The molecule has 1 aliphatic heterocycles. The maximum atomic E-state index is 16.1. The van der Waals surface area contributed by atoms with Crippen molar-refractivity contribution in [2.24, 2.45) is 18.9 Å². The molecule has 0 unspecified atom stereocenters. The zero-order valence-corrected chi connectivity index (χ0v) is 22.2. The number of fused-ring (bicyclic) bond motifs is 1. The molecule has 2 fully saturated rings. The van der Waals surface area contributed by atoms with Crippen LogP contribution in [0.1, 0.15) is 56.6 Å². The summed E-state index contributed by atoms with van der Waals surface area (Å²) in [5.74, 6) is 2.73. The van der Waals surface area contributed by atoms with Crippen LogP contribution < -0.4 is 4.74 Å². The van der Waals surface area contributed by atoms with Gasteiger partial charge in [-0.1, -0.05) is 38.1 Å². The molecular formula is C30H36FN5O. The van der Waals surface area contributed by atoms with Gasteiger partial charge in [-0.25, -0.2) is 4.39 Å². The summed E-state index contributed by atoms with van der Waals surface area (Å²) in [5, 5.41) is 9.42. The number of benzene rings is 2. The number of methoxy groups -OCH3 is 1. The lowest BCUT2D eigenvalue weighted by molar-refractivity contribution is 0.175. The molecule has 1 aliphatic carbocycles. The highest BCUT2D eigenvalue weighted by Crippen LogP contribution is 2.52. The largest absolute Gasteiger partial charge is 0.496 e. The molecule has 37 heavy (non-hydrogen) atoms. The molecule has 6 nitrogen and oxygen atoms in total. The molecule has 2 aromatic carbocycles. The highest BCUT2D eigenvalue weighted by Gasteiger charge is 2.48. The third kappa shape index (κ3) is 4.13. The minimum absolute atomic E-state index is 0.198. The third-order valence-corrected chi connectivity index (χ3v) is 8.48. The van der Waals surface area contributed by atoms with Crippen molar-refractivity contribution in [1.29, 1.82) is 0 Å². The topological polar surface area (TPSA) is 59.0 Å². The maximum absolute atomic E-state index is 16.1. The Morgan fingerprint density at radius 1 is 1.16 bits per heavy atom. The van der Waals surface area contributed by atoms with Crippen LogP contribution >= 0.6 is 0 Å². The molecule has 194 valence electrons. The highest BCUT2D eigenvalue weighted by atomic mass is 19.1. The van der Waals surface area contributed by atoms with Gasteiger partial charge in [0.15, 0.2) is 5.82 Å². The molecule has 0 radical (unpaired) electrons. The third-order valence-electron chi connectivity index (χ3n) is 8.48. The van der Waals surface area contributed by atoms with Crippen LogP contribution in [-0.2, 0) is 19.0 Å². The van der Waals surface area contributed by atoms with Crippen LogP contribution in [0.15, 0.2) is 42.7 Å². The van der Waals surface area contributed by atoms with Crippen molar-refractivity contribution < 1.29 is 9.13 Å². The Hall–Kier alpha value is -3.19. The first kappa shape index (κ1) is 24.2. The number of piperidine rings is 1. The average Bonchev–Trinajstić information content (AvgIpc) is 3.49. The van der Waals surface area contributed by atoms with Crippen molar-refractivity contribution in [1.82, 2.24) is 24.6 Å². The van der Waals surface area contributed by atoms with Gasteiger partial charge >= 0.3 is 0 Å². The van der Waals surface area contributed by atoms with Gasteiger partial charge in [0.05, 0.1) is 18.0 Å². The van der Waals surface area contributed by atoms with Crippen molar-refractivity contribution in [2.45, 2.75) is 51.5 Å². The molecule has 1 N–H and O–H groups in total. The first-order chi connectivity index (χ1) is 17.9. The average molecular weight is 502 g/mol. The molecule has 4 aromatic rings. The fraction of sp³-hybridized carbons (Fsp3) is 0.467. The Morgan fingerprint density at radius 3 is 2.70 bits per heavy atom. The molecule has 2 aliphatic rings. The lowest BCUT2D eigenvalue weighted by Gasteiger charge is -2.46. The molecule has 2 aromatic heterocycles. The lowest BCUT2D eigenvalue weighted by Crippen LogP contribution is -2.43. The number of ether oxygens (including phenoxy) is 1. The Kier molecular flexibility index (Phi) is 6.06. The summed E-state index contributed by atoms with van der Waals surface area (Å²) >= 11 is 0. The van der Waals surface area contributed by atoms with E-state index in [1.807, 2.05) is 29.8 Å². The number of hydrogen-bond donors (Lipinski definition) is 1. The summed E-state index contributed by atoms with van der Waals surface area (Å²) in [6, 6.07) is 12.2. The Morgan fingerprint density at radius 2 is 2.00 bits per heavy atom. The van der Waals surface area contributed by atoms with Crippen LogP contribution in [0, 0.1) is 17.7 Å². The number of hydrogen-bond acceptors (Lipinski definition) is 4. The van der Waals surface area contributed by atoms with Gasteiger partial charge in [0, 0.05) is 36.8 Å². The molecule has 6 rings (SSSR count). The minimum atomic E-state index is -0.235. The number of rotatable bonds is 6. The Labute approximate surface area is 217 Å². The van der Waals surface area contributed by atoms with Gasteiger partial charge in [0.25, 0.3) is 0 Å². The van der Waals surface area contributed by atoms with E-state index in [1.165, 1.54) is 12.8 Å². The highest BCUT2D eigenvalue weighted by molar-refractivity contribution is 5.92. The fourth-order valence-electron chi connectivity index (χ4n) is 6.80. The minimum Gasteiger partial charge on any atom is -0.496 e. The van der Waals surface area contributed by atoms with Crippen LogP contribution in [0.25, 0.3) is 22.0 Å². The van der Waals surface area contributed by atoms with Gasteiger partial charge < -0.3 is 14.3 Å². The summed E-state index contributed by atoms with van der Waals surface area (Å²) in [5.41, 5.74) is 3.89. The smallest absolute Gasteiger partial charge is 0.155 e. The van der Waals surface area contributed by atoms with Crippen LogP contribution in [0.5, 0.6) is 5.75 Å². The lowest BCUT2D eigenvalue weighted by atomic mass is 9.58. The number of aromatic nitrogens is 4. The zero-order chi connectivity index (χ0) is 25.7. The summed E-state index contributed by atoms with van der Waals surface area (Å²) in [4.78, 5) is 5.85. The second kappa shape index (κ2) is 9.28. The van der Waals surface area contributed by atoms with E-state index in [0.717, 1.165) is 60.5 Å². The van der Waals surface area contributed by atoms with Crippen LogP contribution in [0.4, 0.5) is 4.39 Å². The predicted octanol–water partition coefficient (Wildman–Crippen LogP) is 6.06. The normalized spacial score (nSPS) is 24.4. The monoisotopic (exact) mass is 501 g/mol. The molecule has 0 amide bonds. The number of aromatic amines is 1. The van der Waals surface area contributed by atoms with Crippen molar-refractivity contribution in [3.63, 3.8) is 0 Å². The van der Waals surface area contributed by atoms with Gasteiger partial charge in [-0.3, -0.25) is 4.90 Å². The molecule has 0 spiro atoms. The van der Waals surface area contributed by atoms with Crippen LogP contribution in [-0.4, -0.2) is 44.8 Å². The van der Waals surface area contributed by atoms with E-state index in [-0.39, 0.29) is 11.2 Å². The van der Waals surface area contributed by atoms with Gasteiger partial charge in [0.1, 0.15) is 17.9 Å². The SMILES string of the molecule is COc1cc(-c2cccc(C3(c4nncn4C)CC(C)C3)c2)c(F)c2[nH]c(CN3CCC[C@H](C)C3)cc12. The summed E-state index contributed by atoms with van der Waals surface area (Å²) in [7, 11) is 3.65. The number of nitrogens with one attached hydrogen (secondary N) is 1.